The molecule has 0 aliphatic carbocycles. The van der Waals surface area contributed by atoms with Gasteiger partial charge in [-0.1, -0.05) is 42.5 Å². The predicted molar refractivity (Wildman–Crippen MR) is 107 cm³/mol. The summed E-state index contributed by atoms with van der Waals surface area (Å²) in [5.74, 6) is 1.35. The zero-order chi connectivity index (χ0) is 19.7. The number of aromatic nitrogens is 3. The van der Waals surface area contributed by atoms with Gasteiger partial charge in [0.25, 0.3) is 5.95 Å². The Morgan fingerprint density at radius 2 is 1.82 bits per heavy atom. The van der Waals surface area contributed by atoms with Gasteiger partial charge >= 0.3 is 0 Å². The van der Waals surface area contributed by atoms with Gasteiger partial charge in [-0.3, -0.25) is 4.72 Å². The average molecular weight is 399 g/mol. The molecule has 2 atom stereocenters. The SMILES string of the molecule is COc1ccc([C@H]2C[C@@H](c3ccccc3)Nc3nc(NS(C)(=O)=O)nn32)cc1. The number of fused-ring (bicyclic) bond motifs is 1. The number of rotatable bonds is 5. The highest BCUT2D eigenvalue weighted by atomic mass is 32.2. The van der Waals surface area contributed by atoms with Crippen molar-refractivity contribution in [3.63, 3.8) is 0 Å². The van der Waals surface area contributed by atoms with Gasteiger partial charge in [-0.25, -0.2) is 13.1 Å². The van der Waals surface area contributed by atoms with E-state index < -0.39 is 10.0 Å². The smallest absolute Gasteiger partial charge is 0.257 e. The van der Waals surface area contributed by atoms with E-state index in [-0.39, 0.29) is 18.0 Å². The molecule has 0 spiro atoms. The summed E-state index contributed by atoms with van der Waals surface area (Å²) in [6, 6.07) is 17.8. The molecule has 1 aromatic heterocycles. The number of ether oxygens (including phenoxy) is 1. The van der Waals surface area contributed by atoms with E-state index in [1.54, 1.807) is 11.8 Å². The van der Waals surface area contributed by atoms with Crippen LogP contribution in [0, 0.1) is 0 Å². The lowest BCUT2D eigenvalue weighted by molar-refractivity contribution is 0.411. The van der Waals surface area contributed by atoms with Gasteiger partial charge in [-0.2, -0.15) is 4.98 Å². The Hall–Kier alpha value is -3.07. The Bertz CT molecular complexity index is 1060. The van der Waals surface area contributed by atoms with Gasteiger partial charge < -0.3 is 10.1 Å². The van der Waals surface area contributed by atoms with E-state index in [4.69, 9.17) is 4.74 Å². The molecule has 8 nitrogen and oxygen atoms in total. The van der Waals surface area contributed by atoms with Crippen LogP contribution in [-0.2, 0) is 10.0 Å². The molecule has 0 saturated heterocycles. The lowest BCUT2D eigenvalue weighted by Gasteiger charge is -2.31. The van der Waals surface area contributed by atoms with Crippen LogP contribution in [0.5, 0.6) is 5.75 Å². The Morgan fingerprint density at radius 3 is 2.46 bits per heavy atom. The average Bonchev–Trinajstić information content (AvgIpc) is 3.08. The molecule has 146 valence electrons. The van der Waals surface area contributed by atoms with Crippen molar-refractivity contribution >= 4 is 21.9 Å². The van der Waals surface area contributed by atoms with E-state index >= 15 is 0 Å². The maximum atomic E-state index is 11.6. The van der Waals surface area contributed by atoms with Crippen LogP contribution in [0.2, 0.25) is 0 Å². The molecule has 0 fully saturated rings. The first-order chi connectivity index (χ1) is 13.4. The minimum Gasteiger partial charge on any atom is -0.497 e. The summed E-state index contributed by atoms with van der Waals surface area (Å²) in [6.45, 7) is 0. The fraction of sp³-hybridized carbons (Fsp3) is 0.263. The van der Waals surface area contributed by atoms with E-state index in [1.807, 2.05) is 42.5 Å². The van der Waals surface area contributed by atoms with Crippen molar-refractivity contribution in [1.82, 2.24) is 14.8 Å². The first kappa shape index (κ1) is 18.3. The van der Waals surface area contributed by atoms with E-state index in [2.05, 4.69) is 32.3 Å². The lowest BCUT2D eigenvalue weighted by Crippen LogP contribution is -2.28. The van der Waals surface area contributed by atoms with Crippen LogP contribution in [0.3, 0.4) is 0 Å². The Kier molecular flexibility index (Phi) is 4.68. The van der Waals surface area contributed by atoms with Crippen LogP contribution in [0.4, 0.5) is 11.9 Å². The third kappa shape index (κ3) is 3.79. The fourth-order valence-corrected chi connectivity index (χ4v) is 3.81. The largest absolute Gasteiger partial charge is 0.497 e. The molecule has 4 rings (SSSR count). The minimum absolute atomic E-state index is 0.0242. The summed E-state index contributed by atoms with van der Waals surface area (Å²) in [6.07, 6.45) is 1.82. The number of hydrogen-bond acceptors (Lipinski definition) is 6. The Labute approximate surface area is 163 Å². The standard InChI is InChI=1S/C19H21N5O3S/c1-27-15-10-8-14(9-11-15)17-12-16(13-6-4-3-5-7-13)20-19-21-18(22-24(17)19)23-28(2,25)26/h3-11,16-17H,12H2,1-2H3,(H2,20,21,22,23)/t16-,17+/m0/s1. The van der Waals surface area contributed by atoms with Crippen LogP contribution >= 0.6 is 0 Å². The van der Waals surface area contributed by atoms with Crippen molar-refractivity contribution in [2.45, 2.75) is 18.5 Å². The number of sulfonamides is 1. The molecule has 0 unspecified atom stereocenters. The van der Waals surface area contributed by atoms with Crippen LogP contribution in [0.1, 0.15) is 29.6 Å². The highest BCUT2D eigenvalue weighted by molar-refractivity contribution is 7.91. The van der Waals surface area contributed by atoms with Crippen molar-refractivity contribution in [3.05, 3.63) is 65.7 Å². The van der Waals surface area contributed by atoms with Crippen LogP contribution in [-0.4, -0.2) is 36.5 Å². The monoisotopic (exact) mass is 399 g/mol. The van der Waals surface area contributed by atoms with Gasteiger partial charge in [0.2, 0.25) is 16.0 Å². The molecule has 2 heterocycles. The van der Waals surface area contributed by atoms with Crippen molar-refractivity contribution in [1.29, 1.82) is 0 Å². The normalized spacial score (nSPS) is 18.8. The molecule has 3 aromatic rings. The molecule has 0 radical (unpaired) electrons. The van der Waals surface area contributed by atoms with E-state index in [0.717, 1.165) is 29.6 Å². The predicted octanol–water partition coefficient (Wildman–Crippen LogP) is 2.80. The van der Waals surface area contributed by atoms with Crippen LogP contribution in [0.15, 0.2) is 54.6 Å². The highest BCUT2D eigenvalue weighted by Gasteiger charge is 2.31. The van der Waals surface area contributed by atoms with Crippen molar-refractivity contribution in [3.8, 4) is 5.75 Å². The van der Waals surface area contributed by atoms with Crippen LogP contribution in [0.25, 0.3) is 0 Å². The summed E-state index contributed by atoms with van der Waals surface area (Å²) in [7, 11) is -1.84. The molecule has 0 amide bonds. The first-order valence-electron chi connectivity index (χ1n) is 8.83. The summed E-state index contributed by atoms with van der Waals surface area (Å²) >= 11 is 0. The summed E-state index contributed by atoms with van der Waals surface area (Å²) in [5.41, 5.74) is 2.17. The second-order valence-corrected chi connectivity index (χ2v) is 8.46. The quantitative estimate of drug-likeness (QED) is 0.685. The Morgan fingerprint density at radius 1 is 1.11 bits per heavy atom. The number of benzene rings is 2. The second kappa shape index (κ2) is 7.16. The topological polar surface area (TPSA) is 98.1 Å². The highest BCUT2D eigenvalue weighted by Crippen LogP contribution is 2.38. The van der Waals surface area contributed by atoms with Gasteiger partial charge in [0.15, 0.2) is 0 Å². The molecule has 0 bridgehead atoms. The molecule has 1 aliphatic heterocycles. The van der Waals surface area contributed by atoms with E-state index in [9.17, 15) is 8.42 Å². The molecular weight excluding hydrogens is 378 g/mol. The summed E-state index contributed by atoms with van der Waals surface area (Å²) in [5, 5.41) is 7.76. The number of hydrogen-bond donors (Lipinski definition) is 2. The van der Waals surface area contributed by atoms with E-state index in [1.165, 1.54) is 0 Å². The molecular formula is C19H21N5O3S. The van der Waals surface area contributed by atoms with E-state index in [0.29, 0.717) is 5.95 Å². The molecule has 2 aromatic carbocycles. The second-order valence-electron chi connectivity index (χ2n) is 6.71. The molecule has 0 saturated carbocycles. The van der Waals surface area contributed by atoms with Gasteiger partial charge in [-0.05, 0) is 29.7 Å². The van der Waals surface area contributed by atoms with Crippen LogP contribution < -0.4 is 14.8 Å². The number of anilines is 2. The number of methoxy groups -OCH3 is 1. The first-order valence-corrected chi connectivity index (χ1v) is 10.7. The minimum atomic E-state index is -3.47. The zero-order valence-electron chi connectivity index (χ0n) is 15.5. The molecule has 28 heavy (non-hydrogen) atoms. The summed E-state index contributed by atoms with van der Waals surface area (Å²) in [4.78, 5) is 4.35. The molecule has 9 heteroatoms. The van der Waals surface area contributed by atoms with Crippen molar-refractivity contribution in [2.75, 3.05) is 23.4 Å². The number of nitrogens with zero attached hydrogens (tertiary/aromatic N) is 3. The van der Waals surface area contributed by atoms with Gasteiger partial charge in [0, 0.05) is 0 Å². The van der Waals surface area contributed by atoms with Crippen molar-refractivity contribution < 1.29 is 13.2 Å². The maximum Gasteiger partial charge on any atom is 0.257 e. The Balaban J connectivity index is 1.74. The fourth-order valence-electron chi connectivity index (χ4n) is 3.39. The lowest BCUT2D eigenvalue weighted by atomic mass is 9.93. The molecule has 2 N–H and O–H groups in total. The van der Waals surface area contributed by atoms with Gasteiger partial charge in [-0.15, -0.1) is 5.10 Å². The zero-order valence-corrected chi connectivity index (χ0v) is 16.3. The van der Waals surface area contributed by atoms with Gasteiger partial charge in [0.1, 0.15) is 5.75 Å². The maximum absolute atomic E-state index is 11.6. The summed E-state index contributed by atoms with van der Waals surface area (Å²) < 4.78 is 32.5. The van der Waals surface area contributed by atoms with Crippen molar-refractivity contribution in [2.24, 2.45) is 0 Å². The third-order valence-corrected chi connectivity index (χ3v) is 5.22. The van der Waals surface area contributed by atoms with Gasteiger partial charge in [0.05, 0.1) is 25.4 Å². The number of nitrogens with one attached hydrogen (secondary N) is 2. The molecule has 1 aliphatic rings. The third-order valence-electron chi connectivity index (χ3n) is 4.67.